The molecule has 0 aliphatic carbocycles. The van der Waals surface area contributed by atoms with Crippen LogP contribution in [0.15, 0.2) is 36.4 Å². The lowest BCUT2D eigenvalue weighted by Crippen LogP contribution is -2.16. The lowest BCUT2D eigenvalue weighted by atomic mass is 10.1. The van der Waals surface area contributed by atoms with E-state index >= 15 is 0 Å². The predicted molar refractivity (Wildman–Crippen MR) is 95.0 cm³/mol. The maximum absolute atomic E-state index is 12.3. The van der Waals surface area contributed by atoms with Gasteiger partial charge in [0.1, 0.15) is 11.5 Å². The first-order valence-electron chi connectivity index (χ1n) is 7.29. The molecule has 0 fully saturated rings. The van der Waals surface area contributed by atoms with Crippen LogP contribution in [0.4, 0.5) is 0 Å². The topological polar surface area (TPSA) is 61.8 Å². The van der Waals surface area contributed by atoms with Gasteiger partial charge in [-0.3, -0.25) is 9.59 Å². The number of ether oxygens (including phenoxy) is 3. The molecular formula is C18H16Cl2O5. The highest BCUT2D eigenvalue weighted by Gasteiger charge is 2.16. The van der Waals surface area contributed by atoms with Gasteiger partial charge in [-0.2, -0.15) is 0 Å². The van der Waals surface area contributed by atoms with Crippen LogP contribution in [0.5, 0.6) is 11.5 Å². The van der Waals surface area contributed by atoms with Crippen molar-refractivity contribution in [2.75, 3.05) is 20.8 Å². The van der Waals surface area contributed by atoms with Crippen molar-refractivity contribution < 1.29 is 23.8 Å². The van der Waals surface area contributed by atoms with Crippen LogP contribution in [0.3, 0.4) is 0 Å². The Kier molecular flexibility index (Phi) is 6.67. The molecule has 2 rings (SSSR count). The molecule has 0 spiro atoms. The van der Waals surface area contributed by atoms with E-state index in [-0.39, 0.29) is 12.2 Å². The van der Waals surface area contributed by atoms with E-state index in [2.05, 4.69) is 0 Å². The lowest BCUT2D eigenvalue weighted by molar-refractivity contribution is -0.141. The molecular weight excluding hydrogens is 367 g/mol. The van der Waals surface area contributed by atoms with Crippen LogP contribution in [0, 0.1) is 0 Å². The standard InChI is InChI=1S/C18H16Cl2O5/c1-23-13-5-6-14(17(9-13)24-2)16(21)10-25-18(22)7-11-3-4-12(19)8-15(11)20/h3-6,8-9H,7,10H2,1-2H3. The Labute approximate surface area is 155 Å². The fourth-order valence-corrected chi connectivity index (χ4v) is 2.60. The van der Waals surface area contributed by atoms with E-state index < -0.39 is 12.6 Å². The number of Topliss-reactive ketones (excluding diaryl/α,β-unsaturated/α-hetero) is 1. The maximum Gasteiger partial charge on any atom is 0.310 e. The molecule has 2 aromatic rings. The van der Waals surface area contributed by atoms with Gasteiger partial charge in [-0.15, -0.1) is 0 Å². The van der Waals surface area contributed by atoms with Gasteiger partial charge in [-0.05, 0) is 29.8 Å². The molecule has 5 nitrogen and oxygen atoms in total. The first-order chi connectivity index (χ1) is 11.9. The van der Waals surface area contributed by atoms with Crippen LogP contribution in [-0.4, -0.2) is 32.6 Å². The minimum absolute atomic E-state index is 0.0525. The summed E-state index contributed by atoms with van der Waals surface area (Å²) in [6.07, 6.45) is -0.0525. The molecule has 7 heteroatoms. The van der Waals surface area contributed by atoms with Gasteiger partial charge in [-0.25, -0.2) is 0 Å². The second-order valence-electron chi connectivity index (χ2n) is 5.06. The number of hydrogen-bond donors (Lipinski definition) is 0. The summed E-state index contributed by atoms with van der Waals surface area (Å²) in [5, 5.41) is 0.844. The van der Waals surface area contributed by atoms with Crippen molar-refractivity contribution in [2.24, 2.45) is 0 Å². The number of carbonyl (C=O) groups is 2. The average molecular weight is 383 g/mol. The zero-order valence-corrected chi connectivity index (χ0v) is 15.2. The number of rotatable bonds is 7. The molecule has 0 saturated carbocycles. The fourth-order valence-electron chi connectivity index (χ4n) is 2.12. The lowest BCUT2D eigenvalue weighted by Gasteiger charge is -2.10. The van der Waals surface area contributed by atoms with E-state index in [1.54, 1.807) is 36.4 Å². The first kappa shape index (κ1) is 19.1. The molecule has 0 aliphatic rings. The van der Waals surface area contributed by atoms with Gasteiger partial charge in [0.25, 0.3) is 0 Å². The Balaban J connectivity index is 1.98. The third kappa shape index (κ3) is 5.11. The predicted octanol–water partition coefficient (Wildman–Crippen LogP) is 3.98. The zero-order valence-electron chi connectivity index (χ0n) is 13.7. The quantitative estimate of drug-likeness (QED) is 0.535. The van der Waals surface area contributed by atoms with Crippen molar-refractivity contribution in [2.45, 2.75) is 6.42 Å². The largest absolute Gasteiger partial charge is 0.497 e. The highest BCUT2D eigenvalue weighted by molar-refractivity contribution is 6.35. The van der Waals surface area contributed by atoms with E-state index in [4.69, 9.17) is 37.4 Å². The van der Waals surface area contributed by atoms with Crippen molar-refractivity contribution in [3.05, 3.63) is 57.6 Å². The Morgan fingerprint density at radius 2 is 1.76 bits per heavy atom. The Hall–Kier alpha value is -2.24. The summed E-state index contributed by atoms with van der Waals surface area (Å²) in [5.74, 6) is -0.0379. The molecule has 0 atom stereocenters. The molecule has 25 heavy (non-hydrogen) atoms. The van der Waals surface area contributed by atoms with Crippen LogP contribution < -0.4 is 9.47 Å². The van der Waals surface area contributed by atoms with E-state index in [9.17, 15) is 9.59 Å². The Bertz CT molecular complexity index is 789. The third-order valence-corrected chi connectivity index (χ3v) is 4.01. The average Bonchev–Trinajstić information content (AvgIpc) is 2.61. The van der Waals surface area contributed by atoms with Crippen molar-refractivity contribution in [3.63, 3.8) is 0 Å². The smallest absolute Gasteiger partial charge is 0.310 e. The highest BCUT2D eigenvalue weighted by atomic mass is 35.5. The monoisotopic (exact) mass is 382 g/mol. The summed E-state index contributed by atoms with van der Waals surface area (Å²) in [5.41, 5.74) is 0.881. The SMILES string of the molecule is COc1ccc(C(=O)COC(=O)Cc2ccc(Cl)cc2Cl)c(OC)c1. The van der Waals surface area contributed by atoms with Crippen molar-refractivity contribution >= 4 is 35.0 Å². The number of carbonyl (C=O) groups excluding carboxylic acids is 2. The number of ketones is 1. The molecule has 0 amide bonds. The maximum atomic E-state index is 12.3. The van der Waals surface area contributed by atoms with Crippen molar-refractivity contribution in [1.29, 1.82) is 0 Å². The van der Waals surface area contributed by atoms with E-state index in [1.165, 1.54) is 14.2 Å². The van der Waals surface area contributed by atoms with Gasteiger partial charge in [0, 0.05) is 16.1 Å². The third-order valence-electron chi connectivity index (χ3n) is 3.42. The molecule has 0 heterocycles. The summed E-state index contributed by atoms with van der Waals surface area (Å²) in [7, 11) is 2.96. The molecule has 0 radical (unpaired) electrons. The molecule has 0 bridgehead atoms. The van der Waals surface area contributed by atoms with E-state index in [0.717, 1.165) is 0 Å². The van der Waals surface area contributed by atoms with Crippen LogP contribution in [0.25, 0.3) is 0 Å². The highest BCUT2D eigenvalue weighted by Crippen LogP contribution is 2.25. The number of methoxy groups -OCH3 is 2. The van der Waals surface area contributed by atoms with Crippen molar-refractivity contribution in [1.82, 2.24) is 0 Å². The minimum atomic E-state index is -0.565. The van der Waals surface area contributed by atoms with Crippen molar-refractivity contribution in [3.8, 4) is 11.5 Å². The van der Waals surface area contributed by atoms with Gasteiger partial charge in [0.05, 0.1) is 26.2 Å². The fraction of sp³-hybridized carbons (Fsp3) is 0.222. The zero-order chi connectivity index (χ0) is 18.4. The molecule has 0 saturated heterocycles. The summed E-state index contributed by atoms with van der Waals surface area (Å²) < 4.78 is 15.3. The Morgan fingerprint density at radius 3 is 2.40 bits per heavy atom. The number of hydrogen-bond acceptors (Lipinski definition) is 5. The van der Waals surface area contributed by atoms with Gasteiger partial charge in [-0.1, -0.05) is 29.3 Å². The summed E-state index contributed by atoms with van der Waals surface area (Å²) in [4.78, 5) is 24.2. The van der Waals surface area contributed by atoms with Gasteiger partial charge < -0.3 is 14.2 Å². The Morgan fingerprint density at radius 1 is 1.00 bits per heavy atom. The summed E-state index contributed by atoms with van der Waals surface area (Å²) in [6, 6.07) is 9.58. The molecule has 2 aromatic carbocycles. The van der Waals surface area contributed by atoms with Crippen LogP contribution in [0.1, 0.15) is 15.9 Å². The number of esters is 1. The molecule has 0 N–H and O–H groups in total. The molecule has 0 unspecified atom stereocenters. The van der Waals surface area contributed by atoms with Gasteiger partial charge >= 0.3 is 5.97 Å². The molecule has 0 aliphatic heterocycles. The summed E-state index contributed by atoms with van der Waals surface area (Å²) in [6.45, 7) is -0.396. The molecule has 132 valence electrons. The van der Waals surface area contributed by atoms with Crippen LogP contribution >= 0.6 is 23.2 Å². The van der Waals surface area contributed by atoms with Gasteiger partial charge in [0.15, 0.2) is 6.61 Å². The minimum Gasteiger partial charge on any atom is -0.497 e. The number of benzene rings is 2. The van der Waals surface area contributed by atoms with Gasteiger partial charge in [0.2, 0.25) is 5.78 Å². The second-order valence-corrected chi connectivity index (χ2v) is 5.91. The second kappa shape index (κ2) is 8.74. The van der Waals surface area contributed by atoms with Crippen LogP contribution in [-0.2, 0) is 16.0 Å². The summed E-state index contributed by atoms with van der Waals surface area (Å²) >= 11 is 11.8. The van der Waals surface area contributed by atoms with E-state index in [0.29, 0.717) is 32.7 Å². The molecule has 0 aromatic heterocycles. The van der Waals surface area contributed by atoms with Crippen LogP contribution in [0.2, 0.25) is 10.0 Å². The first-order valence-corrected chi connectivity index (χ1v) is 8.05. The number of halogens is 2. The normalized spacial score (nSPS) is 10.2. The van der Waals surface area contributed by atoms with E-state index in [1.807, 2.05) is 0 Å².